The Labute approximate surface area is 155 Å². The molecule has 134 valence electrons. The Kier molecular flexibility index (Phi) is 3.85. The highest BCUT2D eigenvalue weighted by Gasteiger charge is 2.30. The van der Waals surface area contributed by atoms with E-state index in [1.165, 1.54) is 9.54 Å². The maximum absolute atomic E-state index is 13.3. The zero-order valence-corrected chi connectivity index (χ0v) is 16.2. The predicted molar refractivity (Wildman–Crippen MR) is 107 cm³/mol. The maximum Gasteiger partial charge on any atom is 0.268 e. The number of nitrogens with zero attached hydrogens (tertiary/aromatic N) is 1. The van der Waals surface area contributed by atoms with Gasteiger partial charge in [-0.25, -0.2) is 12.4 Å². The Morgan fingerprint density at radius 3 is 2.54 bits per heavy atom. The number of benzene rings is 2. The maximum atomic E-state index is 13.3. The SMILES string of the molecule is C=C1C[C@H](C)c2c1cc(CC)c1ccn(S(=O)(=O)c3ccc(C)cc3)c21. The third-order valence-electron chi connectivity index (χ3n) is 5.45. The molecular formula is C22H23NO2S. The van der Waals surface area contributed by atoms with Gasteiger partial charge in [0.2, 0.25) is 0 Å². The molecule has 3 aromatic rings. The smallest absolute Gasteiger partial charge is 0.241 e. The monoisotopic (exact) mass is 365 g/mol. The van der Waals surface area contributed by atoms with Gasteiger partial charge < -0.3 is 0 Å². The fourth-order valence-electron chi connectivity index (χ4n) is 4.08. The van der Waals surface area contributed by atoms with Crippen molar-refractivity contribution in [3.05, 3.63) is 71.4 Å². The van der Waals surface area contributed by atoms with Gasteiger partial charge in [0.05, 0.1) is 10.4 Å². The van der Waals surface area contributed by atoms with Gasteiger partial charge in [-0.3, -0.25) is 0 Å². The van der Waals surface area contributed by atoms with E-state index in [-0.39, 0.29) is 5.92 Å². The van der Waals surface area contributed by atoms with Crippen molar-refractivity contribution in [2.75, 3.05) is 0 Å². The summed E-state index contributed by atoms with van der Waals surface area (Å²) in [5.41, 5.74) is 6.38. The van der Waals surface area contributed by atoms with Gasteiger partial charge in [-0.05, 0) is 66.1 Å². The summed E-state index contributed by atoms with van der Waals surface area (Å²) >= 11 is 0. The lowest BCUT2D eigenvalue weighted by molar-refractivity contribution is 0.589. The zero-order chi connectivity index (χ0) is 18.6. The molecule has 1 aliphatic rings. The lowest BCUT2D eigenvalue weighted by Gasteiger charge is -2.15. The minimum absolute atomic E-state index is 0.271. The molecule has 26 heavy (non-hydrogen) atoms. The fraction of sp³-hybridized carbons (Fsp3) is 0.273. The van der Waals surface area contributed by atoms with Crippen LogP contribution < -0.4 is 0 Å². The van der Waals surface area contributed by atoms with Crippen molar-refractivity contribution < 1.29 is 8.42 Å². The fourth-order valence-corrected chi connectivity index (χ4v) is 5.45. The molecule has 1 aromatic heterocycles. The van der Waals surface area contributed by atoms with Gasteiger partial charge in [0, 0.05) is 11.6 Å². The highest BCUT2D eigenvalue weighted by atomic mass is 32.2. The number of fused-ring (bicyclic) bond motifs is 3. The van der Waals surface area contributed by atoms with Crippen LogP contribution in [0.2, 0.25) is 0 Å². The summed E-state index contributed by atoms with van der Waals surface area (Å²) in [4.78, 5) is 0.320. The van der Waals surface area contributed by atoms with Gasteiger partial charge in [-0.2, -0.15) is 0 Å². The van der Waals surface area contributed by atoms with Crippen LogP contribution in [0.1, 0.15) is 48.4 Å². The van der Waals surface area contributed by atoms with Crippen molar-refractivity contribution in [2.24, 2.45) is 0 Å². The Morgan fingerprint density at radius 1 is 1.19 bits per heavy atom. The third-order valence-corrected chi connectivity index (χ3v) is 7.14. The van der Waals surface area contributed by atoms with Crippen LogP contribution in [0.3, 0.4) is 0 Å². The first kappa shape index (κ1) is 17.1. The van der Waals surface area contributed by atoms with E-state index in [1.807, 2.05) is 25.1 Å². The summed E-state index contributed by atoms with van der Waals surface area (Å²) in [5, 5.41) is 1.03. The lowest BCUT2D eigenvalue weighted by atomic mass is 9.96. The molecule has 3 nitrogen and oxygen atoms in total. The summed E-state index contributed by atoms with van der Waals surface area (Å²) < 4.78 is 28.2. The molecule has 0 radical (unpaired) electrons. The van der Waals surface area contributed by atoms with Crippen LogP contribution in [0.5, 0.6) is 0 Å². The molecule has 0 aliphatic heterocycles. The Morgan fingerprint density at radius 2 is 1.88 bits per heavy atom. The summed E-state index contributed by atoms with van der Waals surface area (Å²) in [6, 6.07) is 11.2. The van der Waals surface area contributed by atoms with Crippen LogP contribution in [0.25, 0.3) is 16.5 Å². The average molecular weight is 365 g/mol. The predicted octanol–water partition coefficient (Wildman–Crippen LogP) is 5.27. The number of allylic oxidation sites excluding steroid dienone is 1. The summed E-state index contributed by atoms with van der Waals surface area (Å²) in [6.07, 6.45) is 3.44. The molecule has 0 saturated carbocycles. The standard InChI is InChI=1S/C22H23NO2S/c1-5-17-13-20-15(3)12-16(4)21(20)22-19(17)10-11-23(22)26(24,25)18-8-6-14(2)7-9-18/h6-11,13,16H,3,5,12H2,1-2,4H3/t16-/m0/s1. The summed E-state index contributed by atoms with van der Waals surface area (Å²) in [7, 11) is -3.64. The second-order valence-electron chi connectivity index (χ2n) is 7.25. The van der Waals surface area contributed by atoms with Crippen LogP contribution in [0, 0.1) is 6.92 Å². The van der Waals surface area contributed by atoms with Crippen molar-refractivity contribution in [3.63, 3.8) is 0 Å². The summed E-state index contributed by atoms with van der Waals surface area (Å²) in [5.74, 6) is 0.271. The topological polar surface area (TPSA) is 39.1 Å². The van der Waals surface area contributed by atoms with Crippen LogP contribution in [-0.2, 0) is 16.4 Å². The molecule has 0 unspecified atom stereocenters. The van der Waals surface area contributed by atoms with E-state index in [9.17, 15) is 8.42 Å². The van der Waals surface area contributed by atoms with Crippen molar-refractivity contribution in [1.82, 2.24) is 3.97 Å². The van der Waals surface area contributed by atoms with Crippen LogP contribution in [-0.4, -0.2) is 12.4 Å². The molecule has 2 aromatic carbocycles. The van der Waals surface area contributed by atoms with E-state index < -0.39 is 10.0 Å². The molecule has 4 heteroatoms. The van der Waals surface area contributed by atoms with Crippen molar-refractivity contribution in [1.29, 1.82) is 0 Å². The quantitative estimate of drug-likeness (QED) is 0.634. The lowest BCUT2D eigenvalue weighted by Crippen LogP contribution is -2.13. The summed E-state index contributed by atoms with van der Waals surface area (Å²) in [6.45, 7) is 10.4. The van der Waals surface area contributed by atoms with Crippen molar-refractivity contribution >= 4 is 26.5 Å². The minimum atomic E-state index is -3.64. The molecule has 0 spiro atoms. The number of aromatic nitrogens is 1. The van der Waals surface area contributed by atoms with Crippen LogP contribution >= 0.6 is 0 Å². The normalized spacial score (nSPS) is 17.0. The molecule has 0 N–H and O–H groups in total. The van der Waals surface area contributed by atoms with Gasteiger partial charge in [0.1, 0.15) is 0 Å². The van der Waals surface area contributed by atoms with E-state index >= 15 is 0 Å². The average Bonchev–Trinajstić information content (AvgIpc) is 3.16. The van der Waals surface area contributed by atoms with Gasteiger partial charge in [0.25, 0.3) is 10.0 Å². The Balaban J connectivity index is 2.06. The molecule has 0 bridgehead atoms. The molecule has 0 fully saturated rings. The van der Waals surface area contributed by atoms with E-state index in [0.717, 1.165) is 46.0 Å². The molecule has 0 saturated heterocycles. The third kappa shape index (κ3) is 2.36. The van der Waals surface area contributed by atoms with Crippen molar-refractivity contribution in [2.45, 2.75) is 44.4 Å². The molecule has 1 atom stereocenters. The van der Waals surface area contributed by atoms with E-state index in [2.05, 4.69) is 26.5 Å². The zero-order valence-electron chi connectivity index (χ0n) is 15.4. The van der Waals surface area contributed by atoms with Crippen LogP contribution in [0.15, 0.2) is 54.1 Å². The number of aryl methyl sites for hydroxylation is 2. The van der Waals surface area contributed by atoms with E-state index in [4.69, 9.17) is 0 Å². The van der Waals surface area contributed by atoms with Gasteiger partial charge >= 0.3 is 0 Å². The second-order valence-corrected chi connectivity index (χ2v) is 9.07. The molecule has 0 amide bonds. The Bertz CT molecular complexity index is 1140. The van der Waals surface area contributed by atoms with Gasteiger partial charge in [0.15, 0.2) is 0 Å². The highest BCUT2D eigenvalue weighted by Crippen LogP contribution is 2.45. The molecular weight excluding hydrogens is 342 g/mol. The minimum Gasteiger partial charge on any atom is -0.241 e. The van der Waals surface area contributed by atoms with Crippen molar-refractivity contribution in [3.8, 4) is 0 Å². The molecule has 4 rings (SSSR count). The van der Waals surface area contributed by atoms with Gasteiger partial charge in [-0.1, -0.05) is 44.2 Å². The van der Waals surface area contributed by atoms with E-state index in [1.54, 1.807) is 18.3 Å². The van der Waals surface area contributed by atoms with Gasteiger partial charge in [-0.15, -0.1) is 0 Å². The number of rotatable bonds is 3. The number of hydrogen-bond acceptors (Lipinski definition) is 2. The molecule has 1 heterocycles. The highest BCUT2D eigenvalue weighted by molar-refractivity contribution is 7.90. The largest absolute Gasteiger partial charge is 0.268 e. The van der Waals surface area contributed by atoms with Crippen LogP contribution in [0.4, 0.5) is 0 Å². The first-order valence-corrected chi connectivity index (χ1v) is 10.5. The second kappa shape index (κ2) is 5.85. The Hall–Kier alpha value is -2.33. The number of hydrogen-bond donors (Lipinski definition) is 0. The first-order chi connectivity index (χ1) is 12.3. The van der Waals surface area contributed by atoms with E-state index in [0.29, 0.717) is 4.90 Å². The molecule has 1 aliphatic carbocycles. The first-order valence-electron chi connectivity index (χ1n) is 9.01.